The maximum Gasteiger partial charge on any atom is 0.261 e. The Bertz CT molecular complexity index is 821. The molecule has 0 atom stereocenters. The van der Waals surface area contributed by atoms with Crippen LogP contribution in [0.3, 0.4) is 0 Å². The van der Waals surface area contributed by atoms with Gasteiger partial charge in [0.05, 0.1) is 11.5 Å². The van der Waals surface area contributed by atoms with Crippen LogP contribution in [0, 0.1) is 0 Å². The molecule has 6 heteroatoms. The Morgan fingerprint density at radius 2 is 1.30 bits per heavy atom. The highest BCUT2D eigenvalue weighted by Crippen LogP contribution is 2.21. The smallest absolute Gasteiger partial charge is 0.261 e. The van der Waals surface area contributed by atoms with E-state index in [2.05, 4.69) is 11.6 Å². The molecule has 0 spiro atoms. The SMILES string of the molecule is CCCCCCCCCCCCOc1ccc(S(=O)(=O)Nc2ccc(Cl)cc2)cc1. The van der Waals surface area contributed by atoms with Gasteiger partial charge in [0.15, 0.2) is 0 Å². The van der Waals surface area contributed by atoms with Crippen LogP contribution in [0.5, 0.6) is 5.75 Å². The fourth-order valence-electron chi connectivity index (χ4n) is 3.23. The minimum atomic E-state index is -3.64. The van der Waals surface area contributed by atoms with Gasteiger partial charge in [0, 0.05) is 10.7 Å². The van der Waals surface area contributed by atoms with Crippen molar-refractivity contribution in [1.82, 2.24) is 0 Å². The summed E-state index contributed by atoms with van der Waals surface area (Å²) in [6, 6.07) is 13.1. The Morgan fingerprint density at radius 3 is 1.87 bits per heavy atom. The molecule has 0 aromatic heterocycles. The van der Waals surface area contributed by atoms with E-state index in [1.54, 1.807) is 48.5 Å². The molecule has 0 aliphatic carbocycles. The summed E-state index contributed by atoms with van der Waals surface area (Å²) in [5.41, 5.74) is 0.473. The predicted octanol–water partition coefficient (Wildman–Crippen LogP) is 7.44. The van der Waals surface area contributed by atoms with Crippen molar-refractivity contribution < 1.29 is 13.2 Å². The van der Waals surface area contributed by atoms with E-state index >= 15 is 0 Å². The molecule has 166 valence electrons. The zero-order valence-corrected chi connectivity index (χ0v) is 19.5. The lowest BCUT2D eigenvalue weighted by atomic mass is 10.1. The van der Waals surface area contributed by atoms with Gasteiger partial charge in [-0.3, -0.25) is 4.72 Å². The minimum Gasteiger partial charge on any atom is -0.494 e. The molecular weight excluding hydrogens is 418 g/mol. The molecule has 2 aromatic carbocycles. The van der Waals surface area contributed by atoms with Gasteiger partial charge in [-0.2, -0.15) is 0 Å². The van der Waals surface area contributed by atoms with Crippen molar-refractivity contribution in [3.05, 3.63) is 53.6 Å². The molecule has 2 aromatic rings. The Hall–Kier alpha value is -1.72. The molecular formula is C24H34ClNO3S. The number of ether oxygens (including phenoxy) is 1. The van der Waals surface area contributed by atoms with Crippen LogP contribution in [0.2, 0.25) is 5.02 Å². The van der Waals surface area contributed by atoms with Crippen molar-refractivity contribution in [3.63, 3.8) is 0 Å². The summed E-state index contributed by atoms with van der Waals surface area (Å²) in [6.45, 7) is 2.91. The average molecular weight is 452 g/mol. The lowest BCUT2D eigenvalue weighted by molar-refractivity contribution is 0.304. The van der Waals surface area contributed by atoms with Gasteiger partial charge < -0.3 is 4.74 Å². The van der Waals surface area contributed by atoms with E-state index in [1.807, 2.05) is 0 Å². The molecule has 2 rings (SSSR count). The molecule has 0 heterocycles. The van der Waals surface area contributed by atoms with Crippen molar-refractivity contribution in [2.24, 2.45) is 0 Å². The summed E-state index contributed by atoms with van der Waals surface area (Å²) in [5.74, 6) is 0.691. The number of unbranched alkanes of at least 4 members (excludes halogenated alkanes) is 9. The van der Waals surface area contributed by atoms with E-state index in [0.29, 0.717) is 23.1 Å². The van der Waals surface area contributed by atoms with Gasteiger partial charge in [-0.05, 0) is 55.0 Å². The topological polar surface area (TPSA) is 55.4 Å². The molecule has 0 amide bonds. The first-order chi connectivity index (χ1) is 14.5. The molecule has 0 unspecified atom stereocenters. The summed E-state index contributed by atoms with van der Waals surface area (Å²) in [6.07, 6.45) is 12.9. The van der Waals surface area contributed by atoms with Crippen LogP contribution >= 0.6 is 11.6 Å². The van der Waals surface area contributed by atoms with Gasteiger partial charge >= 0.3 is 0 Å². The first-order valence-electron chi connectivity index (χ1n) is 11.0. The quantitative estimate of drug-likeness (QED) is 0.286. The van der Waals surface area contributed by atoms with Crippen molar-refractivity contribution in [2.45, 2.75) is 76.0 Å². The van der Waals surface area contributed by atoms with Gasteiger partial charge in [-0.1, -0.05) is 76.3 Å². The molecule has 0 fully saturated rings. The number of nitrogens with one attached hydrogen (secondary N) is 1. The van der Waals surface area contributed by atoms with Gasteiger partial charge in [0.1, 0.15) is 5.75 Å². The summed E-state index contributed by atoms with van der Waals surface area (Å²) < 4.78 is 33.2. The molecule has 0 aliphatic heterocycles. The molecule has 0 radical (unpaired) electrons. The number of hydrogen-bond acceptors (Lipinski definition) is 3. The van der Waals surface area contributed by atoms with Crippen LogP contribution in [-0.2, 0) is 10.0 Å². The largest absolute Gasteiger partial charge is 0.494 e. The third-order valence-corrected chi connectivity index (χ3v) is 6.65. The van der Waals surface area contributed by atoms with Crippen molar-refractivity contribution >= 4 is 27.3 Å². The lowest BCUT2D eigenvalue weighted by Gasteiger charge is -2.10. The van der Waals surface area contributed by atoms with Gasteiger partial charge in [0.25, 0.3) is 10.0 Å². The second-order valence-corrected chi connectivity index (χ2v) is 9.73. The number of hydrogen-bond donors (Lipinski definition) is 1. The number of rotatable bonds is 15. The number of anilines is 1. The number of sulfonamides is 1. The molecule has 0 aliphatic rings. The molecule has 1 N–H and O–H groups in total. The van der Waals surface area contributed by atoms with Gasteiger partial charge in [-0.25, -0.2) is 8.42 Å². The van der Waals surface area contributed by atoms with E-state index in [-0.39, 0.29) is 4.90 Å². The average Bonchev–Trinajstić information content (AvgIpc) is 2.74. The Labute approximate surface area is 187 Å². The van der Waals surface area contributed by atoms with Crippen LogP contribution < -0.4 is 9.46 Å². The fraction of sp³-hybridized carbons (Fsp3) is 0.500. The van der Waals surface area contributed by atoms with Crippen LogP contribution in [0.4, 0.5) is 5.69 Å². The molecule has 0 saturated heterocycles. The summed E-state index contributed by atoms with van der Waals surface area (Å²) in [7, 11) is -3.64. The van der Waals surface area contributed by atoms with Crippen molar-refractivity contribution in [3.8, 4) is 5.75 Å². The summed E-state index contributed by atoms with van der Waals surface area (Å²) >= 11 is 5.83. The van der Waals surface area contributed by atoms with E-state index in [1.165, 1.54) is 57.8 Å². The highest BCUT2D eigenvalue weighted by molar-refractivity contribution is 7.92. The van der Waals surface area contributed by atoms with Crippen molar-refractivity contribution in [2.75, 3.05) is 11.3 Å². The lowest BCUT2D eigenvalue weighted by Crippen LogP contribution is -2.12. The molecule has 4 nitrogen and oxygen atoms in total. The maximum atomic E-state index is 12.5. The Morgan fingerprint density at radius 1 is 0.767 bits per heavy atom. The standard InChI is InChI=1S/C24H34ClNO3S/c1-2-3-4-5-6-7-8-9-10-11-20-29-23-16-18-24(19-17-23)30(27,28)26-22-14-12-21(25)13-15-22/h12-19,26H,2-11,20H2,1H3. The summed E-state index contributed by atoms with van der Waals surface area (Å²) in [4.78, 5) is 0.198. The second-order valence-electron chi connectivity index (χ2n) is 7.61. The highest BCUT2D eigenvalue weighted by atomic mass is 35.5. The van der Waals surface area contributed by atoms with Crippen LogP contribution in [0.25, 0.3) is 0 Å². The van der Waals surface area contributed by atoms with Crippen LogP contribution in [0.1, 0.15) is 71.1 Å². The van der Waals surface area contributed by atoms with E-state index < -0.39 is 10.0 Å². The van der Waals surface area contributed by atoms with E-state index in [9.17, 15) is 8.42 Å². The third-order valence-electron chi connectivity index (χ3n) is 5.00. The zero-order chi connectivity index (χ0) is 21.7. The molecule has 0 bridgehead atoms. The second kappa shape index (κ2) is 13.6. The van der Waals surface area contributed by atoms with E-state index in [4.69, 9.17) is 16.3 Å². The third kappa shape index (κ3) is 9.40. The normalized spacial score (nSPS) is 11.4. The Kier molecular flexibility index (Phi) is 11.1. The zero-order valence-electron chi connectivity index (χ0n) is 17.9. The maximum absolute atomic E-state index is 12.5. The number of halogens is 1. The minimum absolute atomic E-state index is 0.198. The van der Waals surface area contributed by atoms with Crippen LogP contribution in [-0.4, -0.2) is 15.0 Å². The Balaban J connectivity index is 1.64. The molecule has 0 saturated carbocycles. The number of benzene rings is 2. The first kappa shape index (κ1) is 24.5. The molecule has 30 heavy (non-hydrogen) atoms. The van der Waals surface area contributed by atoms with Crippen LogP contribution in [0.15, 0.2) is 53.4 Å². The van der Waals surface area contributed by atoms with Gasteiger partial charge in [-0.15, -0.1) is 0 Å². The predicted molar refractivity (Wildman–Crippen MR) is 126 cm³/mol. The summed E-state index contributed by atoms with van der Waals surface area (Å²) in [5, 5.41) is 0.557. The first-order valence-corrected chi connectivity index (χ1v) is 12.9. The van der Waals surface area contributed by atoms with Crippen molar-refractivity contribution in [1.29, 1.82) is 0 Å². The van der Waals surface area contributed by atoms with E-state index in [0.717, 1.165) is 6.42 Å². The monoisotopic (exact) mass is 451 g/mol. The fourth-order valence-corrected chi connectivity index (χ4v) is 4.41. The highest BCUT2D eigenvalue weighted by Gasteiger charge is 2.14. The van der Waals surface area contributed by atoms with Gasteiger partial charge in [0.2, 0.25) is 0 Å².